The lowest BCUT2D eigenvalue weighted by molar-refractivity contribution is 0.215. The van der Waals surface area contributed by atoms with Crippen LogP contribution in [0.2, 0.25) is 0 Å². The van der Waals surface area contributed by atoms with Gasteiger partial charge in [0.05, 0.1) is 11.9 Å². The van der Waals surface area contributed by atoms with Gasteiger partial charge in [-0.1, -0.05) is 18.2 Å². The second kappa shape index (κ2) is 3.31. The van der Waals surface area contributed by atoms with E-state index in [1.807, 2.05) is 43.5 Å². The summed E-state index contributed by atoms with van der Waals surface area (Å²) >= 11 is 0. The molecule has 0 saturated heterocycles. The lowest BCUT2D eigenvalue weighted by Crippen LogP contribution is -2.00. The quantitative estimate of drug-likeness (QED) is 0.696. The third kappa shape index (κ3) is 1.87. The molecule has 1 aromatic heterocycles. The molecule has 0 aliphatic rings. The highest BCUT2D eigenvalue weighted by Gasteiger charge is 1.94. The van der Waals surface area contributed by atoms with Gasteiger partial charge >= 0.3 is 0 Å². The fraction of sp³-hybridized carbons (Fsp3) is 0.100. The predicted molar refractivity (Wildman–Crippen MR) is 49.4 cm³/mol. The average molecular weight is 174 g/mol. The monoisotopic (exact) mass is 174 g/mol. The smallest absolute Gasteiger partial charge is 0.155 e. The zero-order valence-electron chi connectivity index (χ0n) is 7.34. The molecule has 0 aliphatic heterocycles. The van der Waals surface area contributed by atoms with E-state index < -0.39 is 0 Å². The van der Waals surface area contributed by atoms with Gasteiger partial charge in [-0.05, 0) is 19.1 Å². The summed E-state index contributed by atoms with van der Waals surface area (Å²) in [6.45, 7) is 1.92. The number of imidazole rings is 1. The molecule has 0 bridgehead atoms. The van der Waals surface area contributed by atoms with Crippen LogP contribution in [-0.4, -0.2) is 9.71 Å². The molecule has 13 heavy (non-hydrogen) atoms. The third-order valence-corrected chi connectivity index (χ3v) is 1.64. The Bertz CT molecular complexity index is 381. The Balaban J connectivity index is 2.15. The Labute approximate surface area is 76.6 Å². The molecule has 66 valence electrons. The summed E-state index contributed by atoms with van der Waals surface area (Å²) in [5.41, 5.74) is 0.941. The van der Waals surface area contributed by atoms with Crippen molar-refractivity contribution in [1.82, 2.24) is 9.71 Å². The largest absolute Gasteiger partial charge is 0.374 e. The molecule has 0 N–H and O–H groups in total. The zero-order valence-corrected chi connectivity index (χ0v) is 7.34. The van der Waals surface area contributed by atoms with Gasteiger partial charge in [0, 0.05) is 0 Å². The van der Waals surface area contributed by atoms with E-state index in [9.17, 15) is 0 Å². The van der Waals surface area contributed by atoms with Crippen molar-refractivity contribution in [3.63, 3.8) is 0 Å². The fourth-order valence-electron chi connectivity index (χ4n) is 1.05. The van der Waals surface area contributed by atoms with Crippen molar-refractivity contribution in [2.75, 3.05) is 0 Å². The second-order valence-electron chi connectivity index (χ2n) is 2.78. The Hall–Kier alpha value is -1.77. The first-order valence-corrected chi connectivity index (χ1v) is 4.08. The topological polar surface area (TPSA) is 27.1 Å². The Morgan fingerprint density at radius 2 is 2.00 bits per heavy atom. The normalized spacial score (nSPS) is 9.92. The van der Waals surface area contributed by atoms with Crippen molar-refractivity contribution >= 4 is 0 Å². The van der Waals surface area contributed by atoms with E-state index in [0.717, 1.165) is 11.4 Å². The van der Waals surface area contributed by atoms with Crippen molar-refractivity contribution in [3.8, 4) is 5.75 Å². The third-order valence-electron chi connectivity index (χ3n) is 1.64. The number of hydrogen-bond donors (Lipinski definition) is 0. The summed E-state index contributed by atoms with van der Waals surface area (Å²) in [6.07, 6.45) is 3.47. The SMILES string of the molecule is Cc1cn(Oc2ccccc2)cn1. The van der Waals surface area contributed by atoms with Gasteiger partial charge in [-0.2, -0.15) is 4.73 Å². The minimum Gasteiger partial charge on any atom is -0.374 e. The first-order chi connectivity index (χ1) is 6.34. The molecule has 0 spiro atoms. The van der Waals surface area contributed by atoms with Gasteiger partial charge in [-0.25, -0.2) is 4.98 Å². The molecule has 2 aromatic rings. The van der Waals surface area contributed by atoms with Crippen molar-refractivity contribution in [2.24, 2.45) is 0 Å². The number of rotatable bonds is 2. The van der Waals surface area contributed by atoms with Crippen LogP contribution in [0, 0.1) is 6.92 Å². The van der Waals surface area contributed by atoms with E-state index >= 15 is 0 Å². The van der Waals surface area contributed by atoms with Crippen LogP contribution >= 0.6 is 0 Å². The van der Waals surface area contributed by atoms with Gasteiger partial charge in [0.15, 0.2) is 5.75 Å². The van der Waals surface area contributed by atoms with Crippen LogP contribution in [0.3, 0.4) is 0 Å². The molecule has 3 nitrogen and oxygen atoms in total. The number of nitrogens with zero attached hydrogens (tertiary/aromatic N) is 2. The summed E-state index contributed by atoms with van der Waals surface area (Å²) in [5.74, 6) is 0.805. The first-order valence-electron chi connectivity index (χ1n) is 4.08. The highest BCUT2D eigenvalue weighted by molar-refractivity contribution is 5.20. The second-order valence-corrected chi connectivity index (χ2v) is 2.78. The summed E-state index contributed by atoms with van der Waals surface area (Å²) in [5, 5.41) is 0. The van der Waals surface area contributed by atoms with Crippen molar-refractivity contribution in [1.29, 1.82) is 0 Å². The summed E-state index contributed by atoms with van der Waals surface area (Å²) in [7, 11) is 0. The highest BCUT2D eigenvalue weighted by atomic mass is 16.7. The molecule has 0 fully saturated rings. The highest BCUT2D eigenvalue weighted by Crippen LogP contribution is 2.09. The van der Waals surface area contributed by atoms with Crippen LogP contribution < -0.4 is 4.84 Å². The molecule has 0 unspecified atom stereocenters. The maximum Gasteiger partial charge on any atom is 0.155 e. The predicted octanol–water partition coefficient (Wildman–Crippen LogP) is 2.03. The fourth-order valence-corrected chi connectivity index (χ4v) is 1.05. The van der Waals surface area contributed by atoms with Gasteiger partial charge in [-0.15, -0.1) is 0 Å². The van der Waals surface area contributed by atoms with E-state index in [1.165, 1.54) is 0 Å². The van der Waals surface area contributed by atoms with E-state index in [2.05, 4.69) is 4.98 Å². The van der Waals surface area contributed by atoms with Crippen molar-refractivity contribution in [3.05, 3.63) is 48.5 Å². The van der Waals surface area contributed by atoms with Crippen LogP contribution in [0.5, 0.6) is 5.75 Å². The summed E-state index contributed by atoms with van der Waals surface area (Å²) < 4.78 is 1.59. The maximum absolute atomic E-state index is 5.45. The lowest BCUT2D eigenvalue weighted by atomic mass is 10.3. The van der Waals surface area contributed by atoms with Gasteiger partial charge in [0.1, 0.15) is 6.33 Å². The Morgan fingerprint density at radius 1 is 1.23 bits per heavy atom. The molecule has 3 heteroatoms. The van der Waals surface area contributed by atoms with Gasteiger partial charge in [0.2, 0.25) is 0 Å². The number of aromatic nitrogens is 2. The van der Waals surface area contributed by atoms with Crippen LogP contribution in [0.4, 0.5) is 0 Å². The minimum absolute atomic E-state index is 0.805. The Kier molecular flexibility index (Phi) is 2.00. The molecule has 1 aromatic carbocycles. The van der Waals surface area contributed by atoms with Crippen LogP contribution in [0.25, 0.3) is 0 Å². The van der Waals surface area contributed by atoms with Gasteiger partial charge < -0.3 is 4.84 Å². The molecular weight excluding hydrogens is 164 g/mol. The number of aryl methyl sites for hydroxylation is 1. The summed E-state index contributed by atoms with van der Waals surface area (Å²) in [4.78, 5) is 9.50. The Morgan fingerprint density at radius 3 is 2.62 bits per heavy atom. The molecule has 0 aliphatic carbocycles. The van der Waals surface area contributed by atoms with E-state index in [4.69, 9.17) is 4.84 Å². The van der Waals surface area contributed by atoms with E-state index in [1.54, 1.807) is 11.1 Å². The van der Waals surface area contributed by atoms with E-state index in [0.29, 0.717) is 0 Å². The number of para-hydroxylation sites is 1. The number of hydrogen-bond acceptors (Lipinski definition) is 2. The average Bonchev–Trinajstić information content (AvgIpc) is 2.53. The van der Waals surface area contributed by atoms with Crippen LogP contribution in [0.1, 0.15) is 5.69 Å². The van der Waals surface area contributed by atoms with Crippen molar-refractivity contribution < 1.29 is 4.84 Å². The lowest BCUT2D eigenvalue weighted by Gasteiger charge is -2.03. The van der Waals surface area contributed by atoms with Crippen LogP contribution in [0.15, 0.2) is 42.9 Å². The molecule has 0 amide bonds. The van der Waals surface area contributed by atoms with Gasteiger partial charge in [-0.3, -0.25) is 0 Å². The molecule has 2 rings (SSSR count). The van der Waals surface area contributed by atoms with E-state index in [-0.39, 0.29) is 0 Å². The maximum atomic E-state index is 5.45. The summed E-state index contributed by atoms with van der Waals surface area (Å²) in [6, 6.07) is 9.61. The van der Waals surface area contributed by atoms with Crippen LogP contribution in [-0.2, 0) is 0 Å². The molecule has 0 saturated carbocycles. The zero-order chi connectivity index (χ0) is 9.10. The number of benzene rings is 1. The van der Waals surface area contributed by atoms with Crippen molar-refractivity contribution in [2.45, 2.75) is 6.92 Å². The molecule has 0 atom stereocenters. The standard InChI is InChI=1S/C10H10N2O/c1-9-7-12(8-11-9)13-10-5-3-2-4-6-10/h2-8H,1H3. The molecular formula is C10H10N2O. The minimum atomic E-state index is 0.805. The molecule has 0 radical (unpaired) electrons. The van der Waals surface area contributed by atoms with Gasteiger partial charge in [0.25, 0.3) is 0 Å². The molecule has 1 heterocycles. The first kappa shape index (κ1) is 7.86.